The summed E-state index contributed by atoms with van der Waals surface area (Å²) in [5.41, 5.74) is -2.27. The molecule has 0 aliphatic rings. The van der Waals surface area contributed by atoms with E-state index in [9.17, 15) is 13.2 Å². The Bertz CT molecular complexity index is 418. The summed E-state index contributed by atoms with van der Waals surface area (Å²) < 4.78 is 45.3. The molecule has 18 heavy (non-hydrogen) atoms. The minimum absolute atomic E-state index is 0.130. The van der Waals surface area contributed by atoms with Crippen molar-refractivity contribution in [1.29, 1.82) is 0 Å². The number of halogens is 3. The molecule has 0 saturated carbocycles. The van der Waals surface area contributed by atoms with E-state index in [4.69, 9.17) is 4.74 Å². The molecule has 0 heterocycles. The molecule has 1 unspecified atom stereocenters. The Balaban J connectivity index is 3.30. The zero-order valence-corrected chi connectivity index (χ0v) is 11.4. The van der Waals surface area contributed by atoms with Gasteiger partial charge in [0.25, 0.3) is 0 Å². The summed E-state index contributed by atoms with van der Waals surface area (Å²) in [5, 5.41) is 0. The highest BCUT2D eigenvalue weighted by Crippen LogP contribution is 2.44. The normalized spacial score (nSPS) is 16.4. The van der Waals surface area contributed by atoms with Crippen molar-refractivity contribution in [3.63, 3.8) is 0 Å². The molecule has 0 fully saturated rings. The molecule has 1 aromatic rings. The first kappa shape index (κ1) is 15.0. The van der Waals surface area contributed by atoms with Crippen LogP contribution in [0.2, 0.25) is 0 Å². The van der Waals surface area contributed by atoms with E-state index in [1.54, 1.807) is 39.8 Å². The Morgan fingerprint density at radius 2 is 1.56 bits per heavy atom. The Labute approximate surface area is 106 Å². The van der Waals surface area contributed by atoms with Gasteiger partial charge < -0.3 is 4.74 Å². The molecule has 0 aliphatic heterocycles. The largest absolute Gasteiger partial charge is 0.421 e. The highest BCUT2D eigenvalue weighted by molar-refractivity contribution is 5.28. The molecule has 0 radical (unpaired) electrons. The van der Waals surface area contributed by atoms with Crippen LogP contribution in [0.4, 0.5) is 13.2 Å². The van der Waals surface area contributed by atoms with Crippen LogP contribution < -0.4 is 0 Å². The SMILES string of the molecule is Cc1cccc(C(C)(OC(C)(C)C)C(F)(F)F)c1. The second kappa shape index (κ2) is 4.57. The van der Waals surface area contributed by atoms with Gasteiger partial charge in [-0.1, -0.05) is 29.8 Å². The first-order chi connectivity index (χ1) is 7.96. The Hall–Kier alpha value is -1.03. The molecular formula is C14H19F3O. The van der Waals surface area contributed by atoms with E-state index in [-0.39, 0.29) is 5.56 Å². The molecule has 0 spiro atoms. The number of benzene rings is 1. The van der Waals surface area contributed by atoms with E-state index in [0.29, 0.717) is 0 Å². The fourth-order valence-electron chi connectivity index (χ4n) is 1.83. The molecule has 0 N–H and O–H groups in total. The van der Waals surface area contributed by atoms with Gasteiger partial charge in [0.1, 0.15) is 0 Å². The lowest BCUT2D eigenvalue weighted by atomic mass is 9.92. The highest BCUT2D eigenvalue weighted by atomic mass is 19.4. The molecular weight excluding hydrogens is 241 g/mol. The summed E-state index contributed by atoms with van der Waals surface area (Å²) in [4.78, 5) is 0. The maximum Gasteiger partial charge on any atom is 0.421 e. The number of hydrogen-bond acceptors (Lipinski definition) is 1. The second-order valence-electron chi connectivity index (χ2n) is 5.61. The first-order valence-electron chi connectivity index (χ1n) is 5.80. The number of aryl methyl sites for hydroxylation is 1. The van der Waals surface area contributed by atoms with Crippen molar-refractivity contribution in [3.8, 4) is 0 Å². The zero-order valence-electron chi connectivity index (χ0n) is 11.4. The molecule has 102 valence electrons. The molecule has 0 bridgehead atoms. The lowest BCUT2D eigenvalue weighted by Crippen LogP contribution is -2.46. The standard InChI is InChI=1S/C14H19F3O/c1-10-7-6-8-11(9-10)13(5,14(15,16)17)18-12(2,3)4/h6-9H,1-5H3. The minimum Gasteiger partial charge on any atom is -0.355 e. The monoisotopic (exact) mass is 260 g/mol. The van der Waals surface area contributed by atoms with Gasteiger partial charge in [0.2, 0.25) is 0 Å². The van der Waals surface area contributed by atoms with Crippen LogP contribution in [0.1, 0.15) is 38.8 Å². The van der Waals surface area contributed by atoms with E-state index in [1.165, 1.54) is 12.1 Å². The van der Waals surface area contributed by atoms with Crippen LogP contribution in [0.25, 0.3) is 0 Å². The third-order valence-electron chi connectivity index (χ3n) is 2.62. The smallest absolute Gasteiger partial charge is 0.355 e. The Morgan fingerprint density at radius 1 is 1.00 bits per heavy atom. The van der Waals surface area contributed by atoms with Crippen LogP contribution in [0.15, 0.2) is 24.3 Å². The summed E-state index contributed by atoms with van der Waals surface area (Å²) in [6, 6.07) is 6.34. The van der Waals surface area contributed by atoms with Crippen LogP contribution in [0, 0.1) is 6.92 Å². The van der Waals surface area contributed by atoms with Gasteiger partial charge in [0.05, 0.1) is 5.60 Å². The predicted octanol–water partition coefficient (Wildman–Crippen LogP) is 4.59. The fourth-order valence-corrected chi connectivity index (χ4v) is 1.83. The molecule has 0 aromatic heterocycles. The summed E-state index contributed by atoms with van der Waals surface area (Å²) in [5.74, 6) is 0. The fraction of sp³-hybridized carbons (Fsp3) is 0.571. The number of ether oxygens (including phenoxy) is 1. The maximum absolute atomic E-state index is 13.3. The van der Waals surface area contributed by atoms with Gasteiger partial charge in [-0.3, -0.25) is 0 Å². The van der Waals surface area contributed by atoms with Gasteiger partial charge in [-0.25, -0.2) is 0 Å². The van der Waals surface area contributed by atoms with Gasteiger partial charge in [-0.15, -0.1) is 0 Å². The zero-order chi connectivity index (χ0) is 14.2. The van der Waals surface area contributed by atoms with E-state index in [1.807, 2.05) is 0 Å². The van der Waals surface area contributed by atoms with Crippen LogP contribution in [-0.2, 0) is 10.3 Å². The van der Waals surface area contributed by atoms with Gasteiger partial charge in [0, 0.05) is 0 Å². The molecule has 1 aromatic carbocycles. The van der Waals surface area contributed by atoms with Crippen molar-refractivity contribution in [3.05, 3.63) is 35.4 Å². The lowest BCUT2D eigenvalue weighted by molar-refractivity contribution is -0.303. The molecule has 1 rings (SSSR count). The molecule has 1 atom stereocenters. The number of hydrogen-bond donors (Lipinski definition) is 0. The summed E-state index contributed by atoms with van der Waals surface area (Å²) in [7, 11) is 0. The molecule has 0 aliphatic carbocycles. The molecule has 1 nitrogen and oxygen atoms in total. The minimum atomic E-state index is -4.46. The van der Waals surface area contributed by atoms with Crippen molar-refractivity contribution >= 4 is 0 Å². The van der Waals surface area contributed by atoms with Gasteiger partial charge in [-0.2, -0.15) is 13.2 Å². The van der Waals surface area contributed by atoms with E-state index < -0.39 is 17.4 Å². The molecule has 0 saturated heterocycles. The van der Waals surface area contributed by atoms with E-state index in [2.05, 4.69) is 0 Å². The van der Waals surface area contributed by atoms with Gasteiger partial charge in [0.15, 0.2) is 5.60 Å². The van der Waals surface area contributed by atoms with Gasteiger partial charge >= 0.3 is 6.18 Å². The van der Waals surface area contributed by atoms with Crippen LogP contribution >= 0.6 is 0 Å². The van der Waals surface area contributed by atoms with E-state index in [0.717, 1.165) is 12.5 Å². The maximum atomic E-state index is 13.3. The van der Waals surface area contributed by atoms with Crippen LogP contribution in [0.3, 0.4) is 0 Å². The van der Waals surface area contributed by atoms with E-state index >= 15 is 0 Å². The average Bonchev–Trinajstić information content (AvgIpc) is 2.13. The highest BCUT2D eigenvalue weighted by Gasteiger charge is 2.55. The quantitative estimate of drug-likeness (QED) is 0.755. The molecule has 0 amide bonds. The first-order valence-corrected chi connectivity index (χ1v) is 5.80. The summed E-state index contributed by atoms with van der Waals surface area (Å²) in [6.45, 7) is 7.69. The summed E-state index contributed by atoms with van der Waals surface area (Å²) in [6.07, 6.45) is -4.46. The topological polar surface area (TPSA) is 9.23 Å². The molecule has 4 heteroatoms. The Morgan fingerprint density at radius 3 is 1.94 bits per heavy atom. The van der Waals surface area contributed by atoms with Gasteiger partial charge in [-0.05, 0) is 40.2 Å². The van der Waals surface area contributed by atoms with Crippen molar-refractivity contribution in [2.75, 3.05) is 0 Å². The average molecular weight is 260 g/mol. The van der Waals surface area contributed by atoms with Crippen molar-refractivity contribution in [2.24, 2.45) is 0 Å². The third-order valence-corrected chi connectivity index (χ3v) is 2.62. The van der Waals surface area contributed by atoms with Crippen molar-refractivity contribution in [1.82, 2.24) is 0 Å². The van der Waals surface area contributed by atoms with Crippen molar-refractivity contribution in [2.45, 2.75) is 52.0 Å². The lowest BCUT2D eigenvalue weighted by Gasteiger charge is -2.38. The van der Waals surface area contributed by atoms with Crippen LogP contribution in [-0.4, -0.2) is 11.8 Å². The number of rotatable bonds is 2. The third kappa shape index (κ3) is 3.25. The predicted molar refractivity (Wildman–Crippen MR) is 65.4 cm³/mol. The van der Waals surface area contributed by atoms with Crippen molar-refractivity contribution < 1.29 is 17.9 Å². The van der Waals surface area contributed by atoms with Crippen LogP contribution in [0.5, 0.6) is 0 Å². The summed E-state index contributed by atoms with van der Waals surface area (Å²) >= 11 is 0. The number of alkyl halides is 3. The second-order valence-corrected chi connectivity index (χ2v) is 5.61. The Kier molecular flexibility index (Phi) is 3.82.